The summed E-state index contributed by atoms with van der Waals surface area (Å²) in [5.74, 6) is 0. The summed E-state index contributed by atoms with van der Waals surface area (Å²) in [6.45, 7) is 5.44. The lowest BCUT2D eigenvalue weighted by molar-refractivity contribution is 0.0488. The summed E-state index contributed by atoms with van der Waals surface area (Å²) in [5, 5.41) is 3.26. The van der Waals surface area contributed by atoms with E-state index in [4.69, 9.17) is 4.74 Å². The second-order valence-corrected chi connectivity index (χ2v) is 12.2. The first-order valence-electron chi connectivity index (χ1n) is 12.2. The standard InChI is InChI=1S/C26H29N5O5S/c1-26(2,3)36-25(33)30-16-9-11-17(12-10-16)31-21(32)15-27-19-13-28-24-22(23(19)31)20(14-29-24)37(34,35)18-7-5-4-6-8-18/h4-8,13-17H,9-12H2,1-3H3,(H,28,29)(H,30,33). The summed E-state index contributed by atoms with van der Waals surface area (Å²) in [6.07, 6.45) is 6.29. The van der Waals surface area contributed by atoms with Crippen molar-refractivity contribution in [2.24, 2.45) is 0 Å². The largest absolute Gasteiger partial charge is 0.444 e. The maximum Gasteiger partial charge on any atom is 0.407 e. The molecular weight excluding hydrogens is 494 g/mol. The molecule has 194 valence electrons. The molecule has 3 heterocycles. The topological polar surface area (TPSA) is 136 Å². The number of hydrogen-bond acceptors (Lipinski definition) is 7. The number of aromatic nitrogens is 4. The van der Waals surface area contributed by atoms with Gasteiger partial charge in [-0.05, 0) is 58.6 Å². The van der Waals surface area contributed by atoms with Crippen LogP contribution in [0.25, 0.3) is 22.1 Å². The third kappa shape index (κ3) is 4.83. The van der Waals surface area contributed by atoms with Crippen LogP contribution in [0.5, 0.6) is 0 Å². The number of aromatic amines is 1. The van der Waals surface area contributed by atoms with E-state index in [1.54, 1.807) is 29.0 Å². The van der Waals surface area contributed by atoms with Gasteiger partial charge in [0.05, 0.1) is 28.2 Å². The number of hydrogen-bond donors (Lipinski definition) is 2. The van der Waals surface area contributed by atoms with Crippen molar-refractivity contribution in [3.8, 4) is 0 Å². The lowest BCUT2D eigenvalue weighted by atomic mass is 9.90. The Bertz CT molecular complexity index is 1630. The van der Waals surface area contributed by atoms with Crippen LogP contribution in [0.4, 0.5) is 4.79 Å². The van der Waals surface area contributed by atoms with E-state index in [0.29, 0.717) is 47.8 Å². The van der Waals surface area contributed by atoms with Crippen molar-refractivity contribution in [1.82, 2.24) is 24.8 Å². The molecule has 1 aliphatic carbocycles. The first kappa shape index (κ1) is 24.9. The molecule has 0 saturated heterocycles. The monoisotopic (exact) mass is 523 g/mol. The molecule has 1 fully saturated rings. The Labute approximate surface area is 214 Å². The smallest absolute Gasteiger partial charge is 0.407 e. The molecular formula is C26H29N5O5S. The highest BCUT2D eigenvalue weighted by Gasteiger charge is 2.30. The summed E-state index contributed by atoms with van der Waals surface area (Å²) in [4.78, 5) is 37.2. The number of carbonyl (C=O) groups is 1. The van der Waals surface area contributed by atoms with Crippen LogP contribution >= 0.6 is 0 Å². The first-order chi connectivity index (χ1) is 17.5. The molecule has 0 atom stereocenters. The molecule has 2 N–H and O–H groups in total. The van der Waals surface area contributed by atoms with Gasteiger partial charge in [-0.15, -0.1) is 0 Å². The number of alkyl carbamates (subject to hydrolysis) is 1. The lowest BCUT2D eigenvalue weighted by Gasteiger charge is -2.31. The molecule has 0 radical (unpaired) electrons. The fraction of sp³-hybridized carbons (Fsp3) is 0.385. The molecule has 3 aromatic heterocycles. The van der Waals surface area contributed by atoms with E-state index in [9.17, 15) is 18.0 Å². The molecule has 10 nitrogen and oxygen atoms in total. The number of amides is 1. The second-order valence-electron chi connectivity index (χ2n) is 10.3. The Morgan fingerprint density at radius 1 is 1.08 bits per heavy atom. The number of rotatable bonds is 4. The average molecular weight is 524 g/mol. The summed E-state index contributed by atoms with van der Waals surface area (Å²) in [5.41, 5.74) is 0.344. The molecule has 0 aliphatic heterocycles. The van der Waals surface area contributed by atoms with E-state index in [1.165, 1.54) is 24.5 Å². The van der Waals surface area contributed by atoms with Gasteiger partial charge >= 0.3 is 6.09 Å². The Morgan fingerprint density at radius 2 is 1.78 bits per heavy atom. The van der Waals surface area contributed by atoms with Crippen molar-refractivity contribution in [2.45, 2.75) is 73.9 Å². The third-order valence-electron chi connectivity index (χ3n) is 6.54. The molecule has 0 bridgehead atoms. The van der Waals surface area contributed by atoms with E-state index in [0.717, 1.165) is 0 Å². The highest BCUT2D eigenvalue weighted by atomic mass is 32.2. The van der Waals surface area contributed by atoms with Crippen LogP contribution in [-0.2, 0) is 14.6 Å². The van der Waals surface area contributed by atoms with E-state index < -0.39 is 21.5 Å². The average Bonchev–Trinajstić information content (AvgIpc) is 3.29. The SMILES string of the molecule is CC(C)(C)OC(=O)NC1CCC(n2c(=O)cnc3cnc4[nH]cc(S(=O)(=O)c5ccccc5)c4c32)CC1. The molecule has 37 heavy (non-hydrogen) atoms. The van der Waals surface area contributed by atoms with Crippen molar-refractivity contribution in [2.75, 3.05) is 0 Å². The Kier molecular flexibility index (Phi) is 6.26. The van der Waals surface area contributed by atoms with Gasteiger partial charge < -0.3 is 19.6 Å². The van der Waals surface area contributed by atoms with Crippen LogP contribution in [-0.4, -0.2) is 45.7 Å². The zero-order valence-corrected chi connectivity index (χ0v) is 21.7. The van der Waals surface area contributed by atoms with Crippen molar-refractivity contribution < 1.29 is 17.9 Å². The van der Waals surface area contributed by atoms with Crippen molar-refractivity contribution in [1.29, 1.82) is 0 Å². The molecule has 4 aromatic rings. The lowest BCUT2D eigenvalue weighted by Crippen LogP contribution is -2.41. The minimum Gasteiger partial charge on any atom is -0.444 e. The molecule has 0 spiro atoms. The first-order valence-corrected chi connectivity index (χ1v) is 13.7. The van der Waals surface area contributed by atoms with Gasteiger partial charge in [0.2, 0.25) is 9.84 Å². The quantitative estimate of drug-likeness (QED) is 0.411. The highest BCUT2D eigenvalue weighted by molar-refractivity contribution is 7.91. The molecule has 1 saturated carbocycles. The van der Waals surface area contributed by atoms with Crippen LogP contribution in [0.2, 0.25) is 0 Å². The minimum atomic E-state index is -3.89. The predicted molar refractivity (Wildman–Crippen MR) is 138 cm³/mol. The molecule has 1 aromatic carbocycles. The summed E-state index contributed by atoms with van der Waals surface area (Å²) in [6, 6.07) is 7.90. The Hall–Kier alpha value is -3.73. The fourth-order valence-electron chi connectivity index (χ4n) is 4.93. The van der Waals surface area contributed by atoms with Crippen molar-refractivity contribution in [3.05, 3.63) is 59.3 Å². The minimum absolute atomic E-state index is 0.0493. The van der Waals surface area contributed by atoms with Gasteiger partial charge in [0.25, 0.3) is 5.56 Å². The zero-order valence-electron chi connectivity index (χ0n) is 20.9. The van der Waals surface area contributed by atoms with Gasteiger partial charge in [0.15, 0.2) is 0 Å². The Morgan fingerprint density at radius 3 is 2.46 bits per heavy atom. The van der Waals surface area contributed by atoms with Crippen LogP contribution in [0.15, 0.2) is 63.5 Å². The number of benzene rings is 1. The maximum absolute atomic E-state index is 13.6. The van der Waals surface area contributed by atoms with E-state index in [2.05, 4.69) is 20.3 Å². The molecule has 11 heteroatoms. The maximum atomic E-state index is 13.6. The van der Waals surface area contributed by atoms with Gasteiger partial charge in [0.1, 0.15) is 21.7 Å². The van der Waals surface area contributed by atoms with Crippen molar-refractivity contribution >= 4 is 38.0 Å². The highest BCUT2D eigenvalue weighted by Crippen LogP contribution is 2.35. The number of fused-ring (bicyclic) bond motifs is 3. The molecule has 1 amide bonds. The zero-order chi connectivity index (χ0) is 26.4. The third-order valence-corrected chi connectivity index (χ3v) is 8.33. The van der Waals surface area contributed by atoms with E-state index in [1.807, 2.05) is 20.8 Å². The fourth-order valence-corrected chi connectivity index (χ4v) is 6.38. The summed E-state index contributed by atoms with van der Waals surface area (Å²) >= 11 is 0. The number of carbonyl (C=O) groups excluding carboxylic acids is 1. The number of nitrogens with one attached hydrogen (secondary N) is 2. The Balaban J connectivity index is 1.54. The summed E-state index contributed by atoms with van der Waals surface area (Å²) in [7, 11) is -3.89. The van der Waals surface area contributed by atoms with Crippen molar-refractivity contribution in [3.63, 3.8) is 0 Å². The number of ether oxygens (including phenoxy) is 1. The number of H-pyrrole nitrogens is 1. The van der Waals surface area contributed by atoms with Gasteiger partial charge in [0, 0.05) is 18.3 Å². The summed E-state index contributed by atoms with van der Waals surface area (Å²) < 4.78 is 34.1. The predicted octanol–water partition coefficient (Wildman–Crippen LogP) is 4.11. The molecule has 0 unspecified atom stereocenters. The van der Waals surface area contributed by atoms with Gasteiger partial charge in [-0.25, -0.2) is 23.2 Å². The van der Waals surface area contributed by atoms with E-state index in [-0.39, 0.29) is 27.4 Å². The van der Waals surface area contributed by atoms with Crippen LogP contribution in [0.3, 0.4) is 0 Å². The van der Waals surface area contributed by atoms with Gasteiger partial charge in [-0.1, -0.05) is 18.2 Å². The number of pyridine rings is 1. The number of sulfone groups is 1. The van der Waals surface area contributed by atoms with Gasteiger partial charge in [-0.2, -0.15) is 0 Å². The van der Waals surface area contributed by atoms with Crippen LogP contribution in [0, 0.1) is 0 Å². The molecule has 5 rings (SSSR count). The van der Waals surface area contributed by atoms with Crippen LogP contribution in [0.1, 0.15) is 52.5 Å². The molecule has 1 aliphatic rings. The van der Waals surface area contributed by atoms with Gasteiger partial charge in [-0.3, -0.25) is 4.79 Å². The second kappa shape index (κ2) is 9.29. The normalized spacial score (nSPS) is 18.7. The van der Waals surface area contributed by atoms with E-state index >= 15 is 0 Å². The van der Waals surface area contributed by atoms with Crippen LogP contribution < -0.4 is 10.9 Å². The number of nitrogens with zero attached hydrogens (tertiary/aromatic N) is 3.